The Labute approximate surface area is 145 Å². The van der Waals surface area contributed by atoms with Gasteiger partial charge in [0.05, 0.1) is 5.52 Å². The van der Waals surface area contributed by atoms with Gasteiger partial charge < -0.3 is 5.32 Å². The van der Waals surface area contributed by atoms with Crippen LogP contribution in [0.25, 0.3) is 22.3 Å². The summed E-state index contributed by atoms with van der Waals surface area (Å²) in [4.78, 5) is 9.42. The zero-order valence-corrected chi connectivity index (χ0v) is 13.5. The number of benzene rings is 3. The van der Waals surface area contributed by atoms with Crippen molar-refractivity contribution in [2.24, 2.45) is 0 Å². The fourth-order valence-electron chi connectivity index (χ4n) is 2.56. The van der Waals surface area contributed by atoms with E-state index in [1.165, 1.54) is 0 Å². The molecule has 0 aliphatic heterocycles. The molecule has 0 unspecified atom stereocenters. The van der Waals surface area contributed by atoms with E-state index in [-0.39, 0.29) is 0 Å². The molecule has 0 fully saturated rings. The fourth-order valence-corrected chi connectivity index (χ4v) is 2.68. The molecule has 116 valence electrons. The zero-order chi connectivity index (χ0) is 16.4. The molecule has 24 heavy (non-hydrogen) atoms. The molecule has 0 atom stereocenters. The van der Waals surface area contributed by atoms with Crippen LogP contribution in [0.2, 0.25) is 5.02 Å². The second-order valence-electron chi connectivity index (χ2n) is 5.41. The molecule has 0 bridgehead atoms. The number of halogens is 1. The van der Waals surface area contributed by atoms with Gasteiger partial charge in [0.25, 0.3) is 0 Å². The average molecular weight is 332 g/mol. The summed E-state index contributed by atoms with van der Waals surface area (Å²) in [5.74, 6) is 1.48. The number of fused-ring (bicyclic) bond motifs is 1. The Balaban J connectivity index is 1.85. The van der Waals surface area contributed by atoms with Gasteiger partial charge in [-0.1, -0.05) is 54.1 Å². The molecule has 1 heterocycles. The first-order valence-corrected chi connectivity index (χ1v) is 8.02. The second-order valence-corrected chi connectivity index (χ2v) is 5.85. The number of hydrogen-bond donors (Lipinski definition) is 1. The lowest BCUT2D eigenvalue weighted by Gasteiger charge is -2.11. The van der Waals surface area contributed by atoms with Gasteiger partial charge in [0, 0.05) is 21.7 Å². The van der Waals surface area contributed by atoms with Gasteiger partial charge in [-0.3, -0.25) is 0 Å². The first-order valence-electron chi connectivity index (χ1n) is 7.64. The van der Waals surface area contributed by atoms with Crippen molar-refractivity contribution in [2.45, 2.75) is 0 Å². The van der Waals surface area contributed by atoms with Crippen molar-refractivity contribution in [3.63, 3.8) is 0 Å². The van der Waals surface area contributed by atoms with E-state index in [1.54, 1.807) is 0 Å². The Morgan fingerprint density at radius 1 is 0.708 bits per heavy atom. The van der Waals surface area contributed by atoms with E-state index < -0.39 is 0 Å². The molecule has 0 aliphatic carbocycles. The lowest BCUT2D eigenvalue weighted by atomic mass is 10.2. The highest BCUT2D eigenvalue weighted by Crippen LogP contribution is 2.27. The van der Waals surface area contributed by atoms with Crippen LogP contribution < -0.4 is 5.32 Å². The van der Waals surface area contributed by atoms with Crippen molar-refractivity contribution in [2.75, 3.05) is 5.32 Å². The van der Waals surface area contributed by atoms with E-state index in [1.807, 2.05) is 78.9 Å². The molecule has 0 saturated heterocycles. The smallest absolute Gasteiger partial charge is 0.162 e. The van der Waals surface area contributed by atoms with Gasteiger partial charge in [-0.05, 0) is 36.4 Å². The van der Waals surface area contributed by atoms with E-state index in [0.717, 1.165) is 28.0 Å². The molecular formula is C20H14ClN3. The molecule has 0 aliphatic rings. The molecule has 1 aromatic heterocycles. The maximum absolute atomic E-state index is 5.96. The third-order valence-electron chi connectivity index (χ3n) is 3.74. The number of para-hydroxylation sites is 1. The highest BCUT2D eigenvalue weighted by molar-refractivity contribution is 6.30. The van der Waals surface area contributed by atoms with Crippen LogP contribution in [0.15, 0.2) is 78.9 Å². The van der Waals surface area contributed by atoms with Crippen LogP contribution in [-0.4, -0.2) is 9.97 Å². The molecular weight excluding hydrogens is 318 g/mol. The third kappa shape index (κ3) is 2.94. The van der Waals surface area contributed by atoms with Crippen LogP contribution in [0.5, 0.6) is 0 Å². The molecule has 4 heteroatoms. The number of rotatable bonds is 3. The normalized spacial score (nSPS) is 10.7. The van der Waals surface area contributed by atoms with E-state index in [4.69, 9.17) is 16.6 Å². The SMILES string of the molecule is Clc1ccc(Nc2nc(-c3ccccc3)nc3ccccc23)cc1. The summed E-state index contributed by atoms with van der Waals surface area (Å²) >= 11 is 5.96. The lowest BCUT2D eigenvalue weighted by molar-refractivity contribution is 1.22. The van der Waals surface area contributed by atoms with E-state index in [2.05, 4.69) is 10.3 Å². The molecule has 4 rings (SSSR count). The third-order valence-corrected chi connectivity index (χ3v) is 3.99. The standard InChI is InChI=1S/C20H14ClN3/c21-15-10-12-16(13-11-15)22-20-17-8-4-5-9-18(17)23-19(24-20)14-6-2-1-3-7-14/h1-13H,(H,22,23,24). The molecule has 4 aromatic rings. The summed E-state index contributed by atoms with van der Waals surface area (Å²) < 4.78 is 0. The van der Waals surface area contributed by atoms with E-state index in [0.29, 0.717) is 10.8 Å². The zero-order valence-electron chi connectivity index (χ0n) is 12.8. The Hall–Kier alpha value is -2.91. The molecule has 0 amide bonds. The van der Waals surface area contributed by atoms with Crippen LogP contribution in [0.1, 0.15) is 0 Å². The van der Waals surface area contributed by atoms with Gasteiger partial charge in [0.15, 0.2) is 5.82 Å². The summed E-state index contributed by atoms with van der Waals surface area (Å²) in [6.45, 7) is 0. The first kappa shape index (κ1) is 14.7. The molecule has 0 radical (unpaired) electrons. The van der Waals surface area contributed by atoms with Gasteiger partial charge in [0.1, 0.15) is 5.82 Å². The highest BCUT2D eigenvalue weighted by atomic mass is 35.5. The number of aromatic nitrogens is 2. The van der Waals surface area contributed by atoms with Crippen molar-refractivity contribution >= 4 is 34.0 Å². The van der Waals surface area contributed by atoms with Gasteiger partial charge in [0.2, 0.25) is 0 Å². The van der Waals surface area contributed by atoms with Crippen LogP contribution in [0.3, 0.4) is 0 Å². The lowest BCUT2D eigenvalue weighted by Crippen LogP contribution is -1.99. The Bertz CT molecular complexity index is 983. The number of nitrogens with zero attached hydrogens (tertiary/aromatic N) is 2. The van der Waals surface area contributed by atoms with E-state index >= 15 is 0 Å². The quantitative estimate of drug-likeness (QED) is 0.523. The van der Waals surface area contributed by atoms with Crippen molar-refractivity contribution in [1.82, 2.24) is 9.97 Å². The Morgan fingerprint density at radius 3 is 2.21 bits per heavy atom. The maximum Gasteiger partial charge on any atom is 0.162 e. The van der Waals surface area contributed by atoms with Crippen molar-refractivity contribution in [3.8, 4) is 11.4 Å². The predicted molar refractivity (Wildman–Crippen MR) is 99.7 cm³/mol. The topological polar surface area (TPSA) is 37.8 Å². The average Bonchev–Trinajstić information content (AvgIpc) is 2.64. The number of anilines is 2. The van der Waals surface area contributed by atoms with Gasteiger partial charge in [-0.25, -0.2) is 9.97 Å². The molecule has 1 N–H and O–H groups in total. The van der Waals surface area contributed by atoms with Crippen LogP contribution in [-0.2, 0) is 0 Å². The van der Waals surface area contributed by atoms with Gasteiger partial charge in [-0.2, -0.15) is 0 Å². The summed E-state index contributed by atoms with van der Waals surface area (Å²) in [6.07, 6.45) is 0. The fraction of sp³-hybridized carbons (Fsp3) is 0. The van der Waals surface area contributed by atoms with Gasteiger partial charge in [-0.15, -0.1) is 0 Å². The number of nitrogens with one attached hydrogen (secondary N) is 1. The summed E-state index contributed by atoms with van der Waals surface area (Å²) in [6, 6.07) is 25.5. The minimum absolute atomic E-state index is 0.700. The van der Waals surface area contributed by atoms with Gasteiger partial charge >= 0.3 is 0 Å². The van der Waals surface area contributed by atoms with Crippen LogP contribution >= 0.6 is 11.6 Å². The van der Waals surface area contributed by atoms with Crippen molar-refractivity contribution < 1.29 is 0 Å². The minimum Gasteiger partial charge on any atom is -0.340 e. The van der Waals surface area contributed by atoms with Crippen LogP contribution in [0, 0.1) is 0 Å². The highest BCUT2D eigenvalue weighted by Gasteiger charge is 2.09. The summed E-state index contributed by atoms with van der Waals surface area (Å²) in [7, 11) is 0. The summed E-state index contributed by atoms with van der Waals surface area (Å²) in [5, 5.41) is 5.06. The summed E-state index contributed by atoms with van der Waals surface area (Å²) in [5.41, 5.74) is 2.83. The molecule has 3 aromatic carbocycles. The largest absolute Gasteiger partial charge is 0.340 e. The second kappa shape index (κ2) is 6.30. The van der Waals surface area contributed by atoms with Crippen molar-refractivity contribution in [3.05, 3.63) is 83.9 Å². The predicted octanol–water partition coefficient (Wildman–Crippen LogP) is 5.69. The molecule has 0 saturated carbocycles. The maximum atomic E-state index is 5.96. The molecule has 3 nitrogen and oxygen atoms in total. The Kier molecular flexibility index (Phi) is 3.85. The van der Waals surface area contributed by atoms with E-state index in [9.17, 15) is 0 Å². The number of hydrogen-bond acceptors (Lipinski definition) is 3. The minimum atomic E-state index is 0.700. The Morgan fingerprint density at radius 2 is 1.42 bits per heavy atom. The molecule has 0 spiro atoms. The first-order chi connectivity index (χ1) is 11.8. The monoisotopic (exact) mass is 331 g/mol. The van der Waals surface area contributed by atoms with Crippen LogP contribution in [0.4, 0.5) is 11.5 Å². The van der Waals surface area contributed by atoms with Crippen molar-refractivity contribution in [1.29, 1.82) is 0 Å².